The summed E-state index contributed by atoms with van der Waals surface area (Å²) in [6, 6.07) is 6.57. The van der Waals surface area contributed by atoms with E-state index in [0.29, 0.717) is 37.3 Å². The monoisotopic (exact) mass is 391 g/mol. The van der Waals surface area contributed by atoms with Crippen molar-refractivity contribution in [3.63, 3.8) is 0 Å². The van der Waals surface area contributed by atoms with Crippen LogP contribution in [0.1, 0.15) is 17.5 Å². The maximum Gasteiger partial charge on any atom is 0.253 e. The van der Waals surface area contributed by atoms with Gasteiger partial charge in [-0.05, 0) is 23.8 Å². The van der Waals surface area contributed by atoms with Crippen LogP contribution in [0.2, 0.25) is 0 Å². The van der Waals surface area contributed by atoms with E-state index in [1.807, 2.05) is 4.90 Å². The summed E-state index contributed by atoms with van der Waals surface area (Å²) in [6.07, 6.45) is 0.538. The van der Waals surface area contributed by atoms with Gasteiger partial charge >= 0.3 is 0 Å². The SMILES string of the molecule is O=C1C2CN(Cc3cc(F)cc(F)c3)CCC2=NN1Cc1ccc(F)cc1F. The first kappa shape index (κ1) is 18.6. The van der Waals surface area contributed by atoms with Crippen molar-refractivity contribution in [2.24, 2.45) is 11.0 Å². The molecule has 1 unspecified atom stereocenters. The van der Waals surface area contributed by atoms with Crippen molar-refractivity contribution < 1.29 is 22.4 Å². The molecule has 0 bridgehead atoms. The maximum absolute atomic E-state index is 13.9. The lowest BCUT2D eigenvalue weighted by atomic mass is 9.95. The molecule has 0 spiro atoms. The van der Waals surface area contributed by atoms with Gasteiger partial charge in [-0.3, -0.25) is 9.69 Å². The van der Waals surface area contributed by atoms with Gasteiger partial charge in [0.05, 0.1) is 18.2 Å². The highest BCUT2D eigenvalue weighted by Crippen LogP contribution is 2.27. The quantitative estimate of drug-likeness (QED) is 0.749. The number of rotatable bonds is 4. The van der Waals surface area contributed by atoms with Gasteiger partial charge in [0.15, 0.2) is 0 Å². The van der Waals surface area contributed by atoms with Crippen LogP contribution < -0.4 is 0 Å². The molecular weight excluding hydrogens is 374 g/mol. The Labute approximate surface area is 159 Å². The van der Waals surface area contributed by atoms with Gasteiger partial charge in [-0.15, -0.1) is 0 Å². The molecule has 4 rings (SSSR count). The minimum atomic E-state index is -0.724. The number of carbonyl (C=O) groups is 1. The number of fused-ring (bicyclic) bond motifs is 1. The summed E-state index contributed by atoms with van der Waals surface area (Å²) in [6.45, 7) is 1.22. The van der Waals surface area contributed by atoms with Crippen LogP contribution in [0, 0.1) is 29.2 Å². The molecule has 28 heavy (non-hydrogen) atoms. The van der Waals surface area contributed by atoms with Gasteiger partial charge in [-0.2, -0.15) is 5.10 Å². The molecule has 8 heteroatoms. The van der Waals surface area contributed by atoms with Crippen molar-refractivity contribution in [2.75, 3.05) is 13.1 Å². The van der Waals surface area contributed by atoms with Crippen molar-refractivity contribution in [3.05, 3.63) is 70.8 Å². The number of amides is 1. The summed E-state index contributed by atoms with van der Waals surface area (Å²) < 4.78 is 53.7. The van der Waals surface area contributed by atoms with Gasteiger partial charge in [0.2, 0.25) is 0 Å². The van der Waals surface area contributed by atoms with Crippen LogP contribution in [0.5, 0.6) is 0 Å². The van der Waals surface area contributed by atoms with Gasteiger partial charge < -0.3 is 0 Å². The number of piperidine rings is 1. The second-order valence-corrected chi connectivity index (χ2v) is 7.04. The third-order valence-electron chi connectivity index (χ3n) is 4.99. The largest absolute Gasteiger partial charge is 0.298 e. The molecule has 2 aliphatic heterocycles. The van der Waals surface area contributed by atoms with Crippen LogP contribution >= 0.6 is 0 Å². The number of benzene rings is 2. The predicted octanol–water partition coefficient (Wildman–Crippen LogP) is 3.46. The number of nitrogens with zero attached hydrogens (tertiary/aromatic N) is 3. The minimum absolute atomic E-state index is 0.0694. The highest BCUT2D eigenvalue weighted by molar-refractivity contribution is 6.08. The van der Waals surface area contributed by atoms with Crippen LogP contribution in [0.4, 0.5) is 17.6 Å². The molecule has 146 valence electrons. The third kappa shape index (κ3) is 3.77. The van der Waals surface area contributed by atoms with Crippen molar-refractivity contribution in [2.45, 2.75) is 19.5 Å². The first-order valence-corrected chi connectivity index (χ1v) is 8.89. The molecule has 0 N–H and O–H groups in total. The highest BCUT2D eigenvalue weighted by atomic mass is 19.1. The molecule has 2 heterocycles. The number of hydrogen-bond acceptors (Lipinski definition) is 3. The van der Waals surface area contributed by atoms with Crippen LogP contribution in [-0.2, 0) is 17.9 Å². The fraction of sp³-hybridized carbons (Fsp3) is 0.300. The molecule has 1 atom stereocenters. The van der Waals surface area contributed by atoms with Crippen LogP contribution in [0.3, 0.4) is 0 Å². The van der Waals surface area contributed by atoms with Crippen LogP contribution in [-0.4, -0.2) is 34.6 Å². The Bertz CT molecular complexity index is 942. The van der Waals surface area contributed by atoms with Crippen molar-refractivity contribution in [3.8, 4) is 0 Å². The van der Waals surface area contributed by atoms with E-state index in [1.54, 1.807) is 0 Å². The summed E-state index contributed by atoms with van der Waals surface area (Å²) in [7, 11) is 0. The van der Waals surface area contributed by atoms with E-state index in [2.05, 4.69) is 5.10 Å². The Hall–Kier alpha value is -2.74. The fourth-order valence-corrected chi connectivity index (χ4v) is 3.65. The van der Waals surface area contributed by atoms with Gasteiger partial charge in [-0.25, -0.2) is 22.6 Å². The summed E-state index contributed by atoms with van der Waals surface area (Å²) >= 11 is 0. The summed E-state index contributed by atoms with van der Waals surface area (Å²) in [5.74, 6) is -3.40. The molecule has 1 saturated heterocycles. The third-order valence-corrected chi connectivity index (χ3v) is 4.99. The molecule has 1 fully saturated rings. The Balaban J connectivity index is 1.44. The standard InChI is InChI=1S/C20H17F4N3O/c21-14-2-1-13(18(24)8-14)10-27-20(28)17-11-26(4-3-19(17)25-27)9-12-5-15(22)7-16(23)6-12/h1-2,5-8,17H,3-4,9-11H2. The molecule has 2 aromatic rings. The van der Waals surface area contributed by atoms with Gasteiger partial charge in [0.1, 0.15) is 23.3 Å². The van der Waals surface area contributed by atoms with E-state index in [-0.39, 0.29) is 18.0 Å². The van der Waals surface area contributed by atoms with E-state index < -0.39 is 29.2 Å². The zero-order chi connectivity index (χ0) is 19.8. The topological polar surface area (TPSA) is 35.9 Å². The highest BCUT2D eigenvalue weighted by Gasteiger charge is 2.39. The van der Waals surface area contributed by atoms with Crippen LogP contribution in [0.25, 0.3) is 0 Å². The van der Waals surface area contributed by atoms with E-state index in [9.17, 15) is 22.4 Å². The number of hydrogen-bond donors (Lipinski definition) is 0. The van der Waals surface area contributed by atoms with E-state index in [4.69, 9.17) is 0 Å². The fourth-order valence-electron chi connectivity index (χ4n) is 3.65. The Morgan fingerprint density at radius 3 is 2.43 bits per heavy atom. The minimum Gasteiger partial charge on any atom is -0.298 e. The van der Waals surface area contributed by atoms with Crippen LogP contribution in [0.15, 0.2) is 41.5 Å². The first-order chi connectivity index (χ1) is 13.4. The average Bonchev–Trinajstić information content (AvgIpc) is 2.92. The second-order valence-electron chi connectivity index (χ2n) is 7.04. The van der Waals surface area contributed by atoms with Gasteiger partial charge in [0.25, 0.3) is 5.91 Å². The zero-order valence-electron chi connectivity index (χ0n) is 14.8. The molecule has 0 radical (unpaired) electrons. The van der Waals surface area contributed by atoms with Crippen molar-refractivity contribution in [1.29, 1.82) is 0 Å². The lowest BCUT2D eigenvalue weighted by molar-refractivity contribution is -0.133. The average molecular weight is 391 g/mol. The number of carbonyl (C=O) groups excluding carboxylic acids is 1. The number of likely N-dealkylation sites (tertiary alicyclic amines) is 1. The van der Waals surface area contributed by atoms with E-state index in [1.165, 1.54) is 23.2 Å². The molecule has 2 aromatic carbocycles. The summed E-state index contributed by atoms with van der Waals surface area (Å²) in [5.41, 5.74) is 1.40. The number of hydrazone groups is 1. The Morgan fingerprint density at radius 2 is 1.71 bits per heavy atom. The zero-order valence-corrected chi connectivity index (χ0v) is 14.8. The normalized spacial score (nSPS) is 19.7. The number of halogens is 4. The van der Waals surface area contributed by atoms with Gasteiger partial charge in [0, 0.05) is 43.8 Å². The van der Waals surface area contributed by atoms with E-state index >= 15 is 0 Å². The lowest BCUT2D eigenvalue weighted by Gasteiger charge is -2.30. The molecule has 2 aliphatic rings. The molecular formula is C20H17F4N3O. The maximum atomic E-state index is 13.9. The molecule has 1 amide bonds. The molecule has 4 nitrogen and oxygen atoms in total. The van der Waals surface area contributed by atoms with Crippen molar-refractivity contribution >= 4 is 11.6 Å². The molecule has 0 aromatic heterocycles. The predicted molar refractivity (Wildman–Crippen MR) is 94.1 cm³/mol. The Kier molecular flexibility index (Phi) is 4.89. The molecule has 0 aliphatic carbocycles. The first-order valence-electron chi connectivity index (χ1n) is 8.89. The smallest absolute Gasteiger partial charge is 0.253 e. The van der Waals surface area contributed by atoms with Gasteiger partial charge in [-0.1, -0.05) is 6.07 Å². The molecule has 0 saturated carbocycles. The van der Waals surface area contributed by atoms with E-state index in [0.717, 1.165) is 18.2 Å². The summed E-state index contributed by atoms with van der Waals surface area (Å²) in [5, 5.41) is 5.52. The Morgan fingerprint density at radius 1 is 0.964 bits per heavy atom. The summed E-state index contributed by atoms with van der Waals surface area (Å²) in [4.78, 5) is 14.6. The lowest BCUT2D eigenvalue weighted by Crippen LogP contribution is -2.43. The second kappa shape index (κ2) is 7.35. The van der Waals surface area contributed by atoms with Crippen molar-refractivity contribution in [1.82, 2.24) is 9.91 Å².